The van der Waals surface area contributed by atoms with Crippen LogP contribution in [0.4, 0.5) is 0 Å². The fraction of sp³-hybridized carbons (Fsp3) is 0.556. The van der Waals surface area contributed by atoms with E-state index in [9.17, 15) is 0 Å². The Morgan fingerprint density at radius 3 is 2.62 bits per heavy atom. The molecule has 0 spiro atoms. The van der Waals surface area contributed by atoms with Crippen LogP contribution in [0, 0.1) is 11.8 Å². The van der Waals surface area contributed by atoms with Gasteiger partial charge in [0.1, 0.15) is 6.26 Å². The van der Waals surface area contributed by atoms with Crippen LogP contribution in [-0.4, -0.2) is 9.97 Å². The summed E-state index contributed by atoms with van der Waals surface area (Å²) < 4.78 is 5.57. The van der Waals surface area contributed by atoms with E-state index < -0.39 is 0 Å². The molecule has 114 valence electrons. The Labute approximate surface area is 127 Å². The largest absolute Gasteiger partial charge is 0.449 e. The van der Waals surface area contributed by atoms with E-state index >= 15 is 0 Å². The fourth-order valence-electron chi connectivity index (χ4n) is 2.92. The molecule has 0 fully saturated rings. The molecule has 0 aliphatic heterocycles. The van der Waals surface area contributed by atoms with Gasteiger partial charge in [0.05, 0.1) is 5.69 Å². The van der Waals surface area contributed by atoms with Crippen molar-refractivity contribution in [1.82, 2.24) is 9.97 Å². The van der Waals surface area contributed by atoms with Crippen molar-refractivity contribution in [1.29, 1.82) is 0 Å². The van der Waals surface area contributed by atoms with Gasteiger partial charge in [-0.25, -0.2) is 4.98 Å². The number of pyridine rings is 1. The quantitative estimate of drug-likeness (QED) is 0.744. The summed E-state index contributed by atoms with van der Waals surface area (Å²) in [5.41, 5.74) is 2.39. The van der Waals surface area contributed by atoms with Crippen molar-refractivity contribution in [2.45, 2.75) is 52.9 Å². The predicted octanol–water partition coefficient (Wildman–Crippen LogP) is 4.64. The highest BCUT2D eigenvalue weighted by atomic mass is 16.3. The second kappa shape index (κ2) is 7.39. The van der Waals surface area contributed by atoms with Crippen molar-refractivity contribution in [3.63, 3.8) is 0 Å². The summed E-state index contributed by atoms with van der Waals surface area (Å²) in [5, 5.41) is 0. The lowest BCUT2D eigenvalue weighted by Crippen LogP contribution is -2.12. The van der Waals surface area contributed by atoms with Crippen molar-refractivity contribution < 1.29 is 4.42 Å². The molecule has 0 aliphatic carbocycles. The molecule has 0 N–H and O–H groups in total. The minimum atomic E-state index is 0.518. The second-order valence-corrected chi connectivity index (χ2v) is 6.31. The van der Waals surface area contributed by atoms with Crippen molar-refractivity contribution in [3.05, 3.63) is 47.9 Å². The number of oxazole rings is 1. The molecule has 0 aliphatic rings. The molecule has 2 rings (SSSR count). The Bertz CT molecular complexity index is 533. The number of nitrogens with zero attached hydrogens (tertiary/aromatic N) is 2. The van der Waals surface area contributed by atoms with Gasteiger partial charge in [-0.15, -0.1) is 0 Å². The van der Waals surface area contributed by atoms with Gasteiger partial charge >= 0.3 is 0 Å². The minimum Gasteiger partial charge on any atom is -0.449 e. The summed E-state index contributed by atoms with van der Waals surface area (Å²) in [4.78, 5) is 8.86. The first kappa shape index (κ1) is 15.7. The Morgan fingerprint density at radius 1 is 1.19 bits per heavy atom. The van der Waals surface area contributed by atoms with Crippen molar-refractivity contribution in [2.24, 2.45) is 11.8 Å². The van der Waals surface area contributed by atoms with Crippen molar-refractivity contribution >= 4 is 0 Å². The van der Waals surface area contributed by atoms with Gasteiger partial charge < -0.3 is 4.42 Å². The average Bonchev–Trinajstić information content (AvgIpc) is 2.87. The normalized spacial score (nSPS) is 14.3. The summed E-state index contributed by atoms with van der Waals surface area (Å²) in [6, 6.07) is 4.19. The topological polar surface area (TPSA) is 38.9 Å². The summed E-state index contributed by atoms with van der Waals surface area (Å²) in [6.45, 7) is 8.89. The maximum atomic E-state index is 5.57. The monoisotopic (exact) mass is 286 g/mol. The van der Waals surface area contributed by atoms with Gasteiger partial charge in [0.25, 0.3) is 0 Å². The molecule has 0 aromatic carbocycles. The Balaban J connectivity index is 2.02. The molecule has 21 heavy (non-hydrogen) atoms. The molecule has 2 heterocycles. The zero-order valence-electron chi connectivity index (χ0n) is 13.5. The third kappa shape index (κ3) is 4.42. The lowest BCUT2D eigenvalue weighted by molar-refractivity contribution is 0.438. The second-order valence-electron chi connectivity index (χ2n) is 6.31. The summed E-state index contributed by atoms with van der Waals surface area (Å²) in [6.07, 6.45) is 8.62. The summed E-state index contributed by atoms with van der Waals surface area (Å²) >= 11 is 0. The number of rotatable bonds is 7. The van der Waals surface area contributed by atoms with Gasteiger partial charge in [-0.1, -0.05) is 33.8 Å². The van der Waals surface area contributed by atoms with Gasteiger partial charge in [-0.2, -0.15) is 0 Å². The van der Waals surface area contributed by atoms with Crippen LogP contribution in [-0.2, 0) is 12.8 Å². The van der Waals surface area contributed by atoms with Gasteiger partial charge in [0.2, 0.25) is 0 Å². The number of aromatic nitrogens is 2. The molecule has 0 saturated carbocycles. The smallest absolute Gasteiger partial charge is 0.194 e. The van der Waals surface area contributed by atoms with E-state index in [1.54, 1.807) is 0 Å². The van der Waals surface area contributed by atoms with Crippen LogP contribution < -0.4 is 0 Å². The Morgan fingerprint density at radius 2 is 2.00 bits per heavy atom. The highest BCUT2D eigenvalue weighted by molar-refractivity contribution is 5.16. The van der Waals surface area contributed by atoms with E-state index in [0.717, 1.165) is 30.8 Å². The van der Waals surface area contributed by atoms with E-state index in [1.807, 2.05) is 24.7 Å². The van der Waals surface area contributed by atoms with Crippen LogP contribution in [0.1, 0.15) is 57.2 Å². The molecule has 3 heteroatoms. The minimum absolute atomic E-state index is 0.518. The van der Waals surface area contributed by atoms with Crippen LogP contribution in [0.2, 0.25) is 0 Å². The Hall–Kier alpha value is -1.64. The van der Waals surface area contributed by atoms with Crippen LogP contribution in [0.25, 0.3) is 0 Å². The van der Waals surface area contributed by atoms with Crippen molar-refractivity contribution in [3.8, 4) is 0 Å². The van der Waals surface area contributed by atoms with E-state index in [1.165, 1.54) is 5.56 Å². The first-order chi connectivity index (χ1) is 10.1. The first-order valence-electron chi connectivity index (χ1n) is 7.93. The molecule has 0 saturated heterocycles. The summed E-state index contributed by atoms with van der Waals surface area (Å²) in [5.74, 6) is 2.48. The molecule has 2 unspecified atom stereocenters. The maximum Gasteiger partial charge on any atom is 0.194 e. The third-order valence-corrected chi connectivity index (χ3v) is 3.95. The fourth-order valence-corrected chi connectivity index (χ4v) is 2.92. The van der Waals surface area contributed by atoms with Gasteiger partial charge in [-0.05, 0) is 42.2 Å². The number of hydrogen-bond acceptors (Lipinski definition) is 3. The predicted molar refractivity (Wildman–Crippen MR) is 85.2 cm³/mol. The molecule has 2 atom stereocenters. The molecular weight excluding hydrogens is 260 g/mol. The van der Waals surface area contributed by atoms with E-state index in [2.05, 4.69) is 43.7 Å². The lowest BCUT2D eigenvalue weighted by Gasteiger charge is -2.22. The number of hydrogen-bond donors (Lipinski definition) is 0. The molecule has 0 bridgehead atoms. The zero-order chi connectivity index (χ0) is 15.2. The lowest BCUT2D eigenvalue weighted by atomic mass is 9.83. The summed E-state index contributed by atoms with van der Waals surface area (Å²) in [7, 11) is 0. The third-order valence-electron chi connectivity index (χ3n) is 3.95. The first-order valence-corrected chi connectivity index (χ1v) is 7.93. The standard InChI is InChI=1S/C18H26N2O/c1-5-17(15-7-6-8-19-11-15)14(4)10-16-12-21-18(20-16)9-13(2)3/h6-8,11-14,17H,5,9-10H2,1-4H3. The Kier molecular flexibility index (Phi) is 5.54. The molecular formula is C18H26N2O. The molecule has 0 radical (unpaired) electrons. The van der Waals surface area contributed by atoms with Crippen LogP contribution in [0.3, 0.4) is 0 Å². The SMILES string of the molecule is CCC(c1cccnc1)C(C)Cc1coc(CC(C)C)n1. The van der Waals surface area contributed by atoms with E-state index in [-0.39, 0.29) is 0 Å². The molecule has 2 aromatic heterocycles. The van der Waals surface area contributed by atoms with Gasteiger partial charge in [-0.3, -0.25) is 4.98 Å². The zero-order valence-corrected chi connectivity index (χ0v) is 13.5. The van der Waals surface area contributed by atoms with Gasteiger partial charge in [0.15, 0.2) is 5.89 Å². The molecule has 0 amide bonds. The highest BCUT2D eigenvalue weighted by Crippen LogP contribution is 2.29. The van der Waals surface area contributed by atoms with E-state index in [4.69, 9.17) is 4.42 Å². The van der Waals surface area contributed by atoms with Crippen LogP contribution in [0.5, 0.6) is 0 Å². The molecule has 2 aromatic rings. The van der Waals surface area contributed by atoms with Crippen LogP contribution in [0.15, 0.2) is 35.2 Å². The van der Waals surface area contributed by atoms with Gasteiger partial charge in [0, 0.05) is 18.8 Å². The van der Waals surface area contributed by atoms with Crippen molar-refractivity contribution in [2.75, 3.05) is 0 Å². The van der Waals surface area contributed by atoms with Crippen LogP contribution >= 0.6 is 0 Å². The van der Waals surface area contributed by atoms with E-state index in [0.29, 0.717) is 17.8 Å². The molecule has 3 nitrogen and oxygen atoms in total. The highest BCUT2D eigenvalue weighted by Gasteiger charge is 2.19. The average molecular weight is 286 g/mol. The maximum absolute atomic E-state index is 5.57.